The molecule has 138 valence electrons. The number of ether oxygens (including phenoxy) is 1. The fourth-order valence-corrected chi connectivity index (χ4v) is 5.08. The van der Waals surface area contributed by atoms with E-state index in [4.69, 9.17) is 28.6 Å². The highest BCUT2D eigenvalue weighted by Crippen LogP contribution is 2.37. The van der Waals surface area contributed by atoms with Gasteiger partial charge in [0.1, 0.15) is 4.88 Å². The Kier molecular flexibility index (Phi) is 5.04. The molecule has 2 aromatic carbocycles. The van der Waals surface area contributed by atoms with Crippen molar-refractivity contribution in [2.24, 2.45) is 0 Å². The number of thiophene rings is 1. The molecule has 1 aliphatic heterocycles. The minimum Gasteiger partial charge on any atom is -0.465 e. The summed E-state index contributed by atoms with van der Waals surface area (Å²) in [5, 5.41) is 5.25. The molecular formula is C20H17ClN2O2S2. The summed E-state index contributed by atoms with van der Waals surface area (Å²) in [4.78, 5) is 14.4. The first kappa shape index (κ1) is 18.2. The summed E-state index contributed by atoms with van der Waals surface area (Å²) in [5.41, 5.74) is 3.34. The van der Waals surface area contributed by atoms with Crippen LogP contribution in [-0.4, -0.2) is 24.7 Å². The molecule has 0 aliphatic carbocycles. The number of hydrogen-bond donors (Lipinski definition) is 1. The van der Waals surface area contributed by atoms with E-state index in [9.17, 15) is 4.79 Å². The number of carbonyl (C=O) groups excluding carboxylic acids is 1. The Morgan fingerprint density at radius 1 is 1.30 bits per heavy atom. The number of esters is 1. The minimum absolute atomic E-state index is 0.416. The van der Waals surface area contributed by atoms with Gasteiger partial charge in [-0.2, -0.15) is 0 Å². The molecule has 4 rings (SSSR count). The number of methoxy groups -OCH3 is 1. The van der Waals surface area contributed by atoms with Gasteiger partial charge in [0, 0.05) is 28.0 Å². The second kappa shape index (κ2) is 7.46. The molecule has 7 heteroatoms. The maximum absolute atomic E-state index is 11.9. The summed E-state index contributed by atoms with van der Waals surface area (Å²) in [7, 11) is 1.35. The van der Waals surface area contributed by atoms with Gasteiger partial charge in [-0.25, -0.2) is 4.79 Å². The summed E-state index contributed by atoms with van der Waals surface area (Å²) in [5.74, 6) is -0.420. The number of carbonyl (C=O) groups is 1. The predicted octanol–water partition coefficient (Wildman–Crippen LogP) is 5.49. The van der Waals surface area contributed by atoms with Crippen molar-refractivity contribution in [1.82, 2.24) is 0 Å². The monoisotopic (exact) mass is 416 g/mol. The van der Waals surface area contributed by atoms with Gasteiger partial charge < -0.3 is 15.0 Å². The molecule has 1 aromatic heterocycles. The van der Waals surface area contributed by atoms with Crippen LogP contribution in [0, 0.1) is 0 Å². The fourth-order valence-electron chi connectivity index (χ4n) is 3.30. The third-order valence-electron chi connectivity index (χ3n) is 4.61. The zero-order chi connectivity index (χ0) is 19.0. The van der Waals surface area contributed by atoms with Crippen molar-refractivity contribution in [2.75, 3.05) is 23.9 Å². The topological polar surface area (TPSA) is 41.6 Å². The van der Waals surface area contributed by atoms with Crippen LogP contribution >= 0.6 is 35.2 Å². The normalized spacial score (nSPS) is 13.3. The van der Waals surface area contributed by atoms with Crippen molar-refractivity contribution in [3.05, 3.63) is 57.9 Å². The van der Waals surface area contributed by atoms with E-state index in [1.165, 1.54) is 24.0 Å². The van der Waals surface area contributed by atoms with Crippen LogP contribution in [0.1, 0.15) is 21.7 Å². The smallest absolute Gasteiger partial charge is 0.349 e. The number of anilines is 2. The van der Waals surface area contributed by atoms with Gasteiger partial charge in [0.2, 0.25) is 0 Å². The summed E-state index contributed by atoms with van der Waals surface area (Å²) >= 11 is 13.3. The summed E-state index contributed by atoms with van der Waals surface area (Å²) in [6.45, 7) is 0.891. The summed E-state index contributed by atoms with van der Waals surface area (Å²) < 4.78 is 5.71. The molecule has 1 N–H and O–H groups in total. The molecule has 0 spiro atoms. The zero-order valence-corrected chi connectivity index (χ0v) is 17.0. The second-order valence-electron chi connectivity index (χ2n) is 6.26. The van der Waals surface area contributed by atoms with E-state index in [-0.39, 0.29) is 0 Å². The van der Waals surface area contributed by atoms with E-state index in [0.29, 0.717) is 15.0 Å². The van der Waals surface area contributed by atoms with E-state index in [0.717, 1.165) is 40.8 Å². The lowest BCUT2D eigenvalue weighted by Gasteiger charge is -2.31. The molecule has 0 saturated carbocycles. The van der Waals surface area contributed by atoms with E-state index < -0.39 is 5.97 Å². The average Bonchev–Trinajstić information content (AvgIpc) is 3.03. The van der Waals surface area contributed by atoms with Crippen LogP contribution in [0.2, 0.25) is 5.02 Å². The van der Waals surface area contributed by atoms with Gasteiger partial charge in [-0.05, 0) is 54.9 Å². The number of thiocarbonyl (C=S) groups is 1. The molecule has 0 saturated heterocycles. The van der Waals surface area contributed by atoms with Crippen molar-refractivity contribution in [3.63, 3.8) is 0 Å². The highest BCUT2D eigenvalue weighted by atomic mass is 35.5. The Balaban J connectivity index is 1.61. The number of hydrogen-bond acceptors (Lipinski definition) is 4. The molecule has 0 radical (unpaired) electrons. The van der Waals surface area contributed by atoms with Crippen molar-refractivity contribution < 1.29 is 9.53 Å². The maximum atomic E-state index is 11.9. The SMILES string of the molecule is COC(=O)c1sc2cc(NC(=S)N3CCCc4ccccc43)ccc2c1Cl. The van der Waals surface area contributed by atoms with Gasteiger partial charge in [-0.15, -0.1) is 11.3 Å². The van der Waals surface area contributed by atoms with Crippen LogP contribution < -0.4 is 10.2 Å². The van der Waals surface area contributed by atoms with Crippen LogP contribution in [0.5, 0.6) is 0 Å². The van der Waals surface area contributed by atoms with E-state index in [1.807, 2.05) is 24.3 Å². The number of nitrogens with one attached hydrogen (secondary N) is 1. The Morgan fingerprint density at radius 2 is 2.11 bits per heavy atom. The lowest BCUT2D eigenvalue weighted by Crippen LogP contribution is -2.38. The first-order chi connectivity index (χ1) is 13.1. The molecule has 1 aliphatic rings. The number of para-hydroxylation sites is 1. The Labute approximate surface area is 171 Å². The molecule has 3 aromatic rings. The molecule has 27 heavy (non-hydrogen) atoms. The highest BCUT2D eigenvalue weighted by Gasteiger charge is 2.21. The number of halogens is 1. The van der Waals surface area contributed by atoms with Gasteiger partial charge in [-0.1, -0.05) is 29.8 Å². The standard InChI is InChI=1S/C20H17ClN2O2S2/c1-25-19(24)18-17(21)14-9-8-13(11-16(14)27-18)22-20(26)23-10-4-6-12-5-2-3-7-15(12)23/h2-3,5,7-9,11H,4,6,10H2,1H3,(H,22,26). The molecular weight excluding hydrogens is 400 g/mol. The third-order valence-corrected chi connectivity index (χ3v) is 6.57. The van der Waals surface area contributed by atoms with Crippen molar-refractivity contribution in [1.29, 1.82) is 0 Å². The van der Waals surface area contributed by atoms with Gasteiger partial charge in [0.15, 0.2) is 5.11 Å². The van der Waals surface area contributed by atoms with Crippen LogP contribution in [0.4, 0.5) is 11.4 Å². The number of rotatable bonds is 2. The molecule has 0 bridgehead atoms. The van der Waals surface area contributed by atoms with Gasteiger partial charge >= 0.3 is 5.97 Å². The average molecular weight is 417 g/mol. The first-order valence-electron chi connectivity index (χ1n) is 8.55. The summed E-state index contributed by atoms with van der Waals surface area (Å²) in [6, 6.07) is 14.1. The molecule has 0 unspecified atom stereocenters. The zero-order valence-electron chi connectivity index (χ0n) is 14.6. The maximum Gasteiger partial charge on any atom is 0.349 e. The summed E-state index contributed by atoms with van der Waals surface area (Å²) in [6.07, 6.45) is 2.14. The van der Waals surface area contributed by atoms with Crippen LogP contribution in [0.15, 0.2) is 42.5 Å². The van der Waals surface area contributed by atoms with Crippen LogP contribution in [0.3, 0.4) is 0 Å². The number of aryl methyl sites for hydroxylation is 1. The van der Waals surface area contributed by atoms with Crippen molar-refractivity contribution in [3.8, 4) is 0 Å². The highest BCUT2D eigenvalue weighted by molar-refractivity contribution is 7.80. The second-order valence-corrected chi connectivity index (χ2v) is 8.08. The molecule has 0 fully saturated rings. The van der Waals surface area contributed by atoms with Crippen LogP contribution in [0.25, 0.3) is 10.1 Å². The number of benzene rings is 2. The Bertz CT molecular complexity index is 1050. The molecule has 2 heterocycles. The predicted molar refractivity (Wildman–Crippen MR) is 117 cm³/mol. The van der Waals surface area contributed by atoms with Crippen molar-refractivity contribution >= 4 is 67.7 Å². The number of nitrogens with zero attached hydrogens (tertiary/aromatic N) is 1. The Hall–Kier alpha value is -2.15. The lowest BCUT2D eigenvalue weighted by molar-refractivity contribution is 0.0606. The fraction of sp³-hybridized carbons (Fsp3) is 0.200. The minimum atomic E-state index is -0.420. The van der Waals surface area contributed by atoms with Gasteiger partial charge in [0.05, 0.1) is 12.1 Å². The van der Waals surface area contributed by atoms with E-state index in [1.54, 1.807) is 0 Å². The van der Waals surface area contributed by atoms with Gasteiger partial charge in [-0.3, -0.25) is 0 Å². The number of fused-ring (bicyclic) bond motifs is 2. The lowest BCUT2D eigenvalue weighted by atomic mass is 10.0. The first-order valence-corrected chi connectivity index (χ1v) is 10.2. The van der Waals surface area contributed by atoms with E-state index >= 15 is 0 Å². The molecule has 0 atom stereocenters. The molecule has 4 nitrogen and oxygen atoms in total. The van der Waals surface area contributed by atoms with Crippen LogP contribution in [-0.2, 0) is 11.2 Å². The molecule has 0 amide bonds. The largest absolute Gasteiger partial charge is 0.465 e. The quantitative estimate of drug-likeness (QED) is 0.442. The third kappa shape index (κ3) is 3.40. The van der Waals surface area contributed by atoms with Crippen molar-refractivity contribution in [2.45, 2.75) is 12.8 Å². The van der Waals surface area contributed by atoms with E-state index in [2.05, 4.69) is 28.4 Å². The van der Waals surface area contributed by atoms with Gasteiger partial charge in [0.25, 0.3) is 0 Å². The Morgan fingerprint density at radius 3 is 2.93 bits per heavy atom.